The quantitative estimate of drug-likeness (QED) is 0.268. The lowest BCUT2D eigenvalue weighted by molar-refractivity contribution is -0.141. The van der Waals surface area contributed by atoms with Gasteiger partial charge in [0.2, 0.25) is 0 Å². The third-order valence-corrected chi connectivity index (χ3v) is 8.01. The number of nitrogens with one attached hydrogen (secondary N) is 1. The van der Waals surface area contributed by atoms with E-state index in [1.165, 1.54) is 0 Å². The summed E-state index contributed by atoms with van der Waals surface area (Å²) in [6.07, 6.45) is 2.11. The molecule has 4 aromatic heterocycles. The van der Waals surface area contributed by atoms with Crippen LogP contribution in [0, 0.1) is 5.92 Å². The number of amides is 1. The van der Waals surface area contributed by atoms with E-state index in [0.717, 1.165) is 29.0 Å². The van der Waals surface area contributed by atoms with Crippen molar-refractivity contribution in [3.05, 3.63) is 93.9 Å². The molecule has 0 atom stereocenters. The Morgan fingerprint density at radius 3 is 2.40 bits per heavy atom. The minimum Gasteiger partial charge on any atom is -0.349 e. The Hall–Kier alpha value is -4.45. The highest BCUT2D eigenvalue weighted by Gasteiger charge is 2.38. The van der Waals surface area contributed by atoms with Crippen LogP contribution in [-0.2, 0) is 19.8 Å². The lowest BCUT2D eigenvalue weighted by Gasteiger charge is -2.29. The summed E-state index contributed by atoms with van der Waals surface area (Å²) in [6.45, 7) is 0.475. The Kier molecular flexibility index (Phi) is 7.55. The van der Waals surface area contributed by atoms with Crippen molar-refractivity contribution in [1.29, 1.82) is 0 Å². The largest absolute Gasteiger partial charge is 0.434 e. The number of halogens is 4. The molecule has 1 aromatic carbocycles. The number of para-hydroxylation sites is 2. The van der Waals surface area contributed by atoms with E-state index in [1.807, 2.05) is 55.7 Å². The number of carbonyl (C=O) groups is 1. The molecule has 1 aliphatic rings. The van der Waals surface area contributed by atoms with Gasteiger partial charge in [-0.05, 0) is 68.0 Å². The molecule has 6 rings (SSSR count). The van der Waals surface area contributed by atoms with Crippen molar-refractivity contribution in [3.63, 3.8) is 0 Å². The van der Waals surface area contributed by atoms with Crippen molar-refractivity contribution in [2.45, 2.75) is 44.4 Å². The molecule has 1 N–H and O–H groups in total. The van der Waals surface area contributed by atoms with Crippen molar-refractivity contribution in [2.75, 3.05) is 0 Å². The van der Waals surface area contributed by atoms with Gasteiger partial charge in [-0.3, -0.25) is 23.6 Å². The first-order valence-corrected chi connectivity index (χ1v) is 14.2. The summed E-state index contributed by atoms with van der Waals surface area (Å²) in [5.74, 6) is -0.707. The third kappa shape index (κ3) is 5.79. The average molecular weight is 610 g/mol. The molecule has 222 valence electrons. The van der Waals surface area contributed by atoms with Gasteiger partial charge in [-0.25, -0.2) is 9.78 Å². The van der Waals surface area contributed by atoms with Crippen LogP contribution in [-0.4, -0.2) is 40.8 Å². The maximum absolute atomic E-state index is 13.7. The molecule has 4 heterocycles. The van der Waals surface area contributed by atoms with E-state index in [0.29, 0.717) is 43.6 Å². The van der Waals surface area contributed by atoms with E-state index in [9.17, 15) is 22.8 Å². The van der Waals surface area contributed by atoms with E-state index < -0.39 is 23.3 Å². The number of pyridine rings is 2. The SMILES string of the molecule is Cn1ccc(-c2ccc(-n3c(=O)n(CC4CCC(NC(=O)c5cc(Cl)cnc5C(F)(F)F)CC4)c4ccccc43)cn2)n1. The molecule has 1 saturated carbocycles. The fraction of sp³-hybridized carbons (Fsp3) is 0.300. The number of benzene rings is 1. The number of aromatic nitrogens is 6. The zero-order valence-corrected chi connectivity index (χ0v) is 23.8. The van der Waals surface area contributed by atoms with Crippen LogP contribution in [0.2, 0.25) is 5.02 Å². The van der Waals surface area contributed by atoms with E-state index in [-0.39, 0.29) is 22.7 Å². The molecule has 0 spiro atoms. The van der Waals surface area contributed by atoms with Gasteiger partial charge in [-0.2, -0.15) is 18.3 Å². The zero-order chi connectivity index (χ0) is 30.3. The summed E-state index contributed by atoms with van der Waals surface area (Å²) >= 11 is 5.83. The van der Waals surface area contributed by atoms with Gasteiger partial charge >= 0.3 is 11.9 Å². The summed E-state index contributed by atoms with van der Waals surface area (Å²) in [4.78, 5) is 34.4. The second kappa shape index (κ2) is 11.3. The Bertz CT molecular complexity index is 1850. The molecule has 0 aliphatic heterocycles. The fourth-order valence-corrected chi connectivity index (χ4v) is 5.86. The first-order valence-electron chi connectivity index (χ1n) is 13.8. The van der Waals surface area contributed by atoms with Gasteiger partial charge in [-0.1, -0.05) is 23.7 Å². The fourth-order valence-electron chi connectivity index (χ4n) is 5.70. The summed E-state index contributed by atoms with van der Waals surface area (Å²) in [7, 11) is 1.83. The van der Waals surface area contributed by atoms with E-state index >= 15 is 0 Å². The lowest BCUT2D eigenvalue weighted by Crippen LogP contribution is -2.39. The van der Waals surface area contributed by atoms with Crippen LogP contribution in [0.5, 0.6) is 0 Å². The molecule has 43 heavy (non-hydrogen) atoms. The second-order valence-electron chi connectivity index (χ2n) is 10.7. The molecular weight excluding hydrogens is 583 g/mol. The predicted octanol–water partition coefficient (Wildman–Crippen LogP) is 5.64. The number of alkyl halides is 3. The number of fused-ring (bicyclic) bond motifs is 1. The van der Waals surface area contributed by atoms with Gasteiger partial charge in [0.25, 0.3) is 5.91 Å². The topological polar surface area (TPSA) is 99.6 Å². The molecule has 1 aliphatic carbocycles. The smallest absolute Gasteiger partial charge is 0.349 e. The van der Waals surface area contributed by atoms with Gasteiger partial charge < -0.3 is 5.32 Å². The maximum atomic E-state index is 13.7. The number of rotatable bonds is 6. The molecule has 0 radical (unpaired) electrons. The normalized spacial score (nSPS) is 17.3. The highest BCUT2D eigenvalue weighted by molar-refractivity contribution is 6.30. The zero-order valence-electron chi connectivity index (χ0n) is 23.1. The molecule has 5 aromatic rings. The molecular formula is C30H27ClF3N7O2. The minimum absolute atomic E-state index is 0.0496. The first kappa shape index (κ1) is 28.7. The summed E-state index contributed by atoms with van der Waals surface area (Å²) in [6, 6.07) is 13.8. The Labute approximate surface area is 248 Å². The Morgan fingerprint density at radius 1 is 1.00 bits per heavy atom. The van der Waals surface area contributed by atoms with Crippen LogP contribution >= 0.6 is 11.6 Å². The van der Waals surface area contributed by atoms with Crippen molar-refractivity contribution >= 4 is 28.5 Å². The maximum Gasteiger partial charge on any atom is 0.434 e. The van der Waals surface area contributed by atoms with Crippen LogP contribution in [0.4, 0.5) is 13.2 Å². The molecule has 13 heteroatoms. The van der Waals surface area contributed by atoms with Gasteiger partial charge in [0.1, 0.15) is 5.69 Å². The van der Waals surface area contributed by atoms with E-state index in [2.05, 4.69) is 20.4 Å². The number of nitrogens with zero attached hydrogens (tertiary/aromatic N) is 6. The third-order valence-electron chi connectivity index (χ3n) is 7.81. The highest BCUT2D eigenvalue weighted by Crippen LogP contribution is 2.32. The standard InChI is InChI=1S/C30H27ClF3N7O2/c1-39-13-12-24(38-39)23-11-10-21(16-35-23)41-26-5-3-2-4-25(26)40(29(41)43)17-18-6-8-20(9-7-18)37-28(42)22-14-19(31)15-36-27(22)30(32,33)34/h2-5,10-16,18,20H,6-9,17H2,1H3,(H,37,42). The van der Waals surface area contributed by atoms with Gasteiger partial charge in [0.15, 0.2) is 5.69 Å². The van der Waals surface area contributed by atoms with Crippen LogP contribution in [0.25, 0.3) is 28.1 Å². The number of hydrogen-bond acceptors (Lipinski definition) is 5. The van der Waals surface area contributed by atoms with Crippen molar-refractivity contribution in [1.82, 2.24) is 34.2 Å². The van der Waals surface area contributed by atoms with Crippen LogP contribution in [0.1, 0.15) is 41.7 Å². The molecule has 0 bridgehead atoms. The predicted molar refractivity (Wildman–Crippen MR) is 155 cm³/mol. The minimum atomic E-state index is -4.78. The Balaban J connectivity index is 1.17. The number of carbonyl (C=O) groups excluding carboxylic acids is 1. The Morgan fingerprint density at radius 2 is 1.74 bits per heavy atom. The summed E-state index contributed by atoms with van der Waals surface area (Å²) in [5.41, 5.74) is 1.59. The molecule has 1 amide bonds. The monoisotopic (exact) mass is 609 g/mol. The van der Waals surface area contributed by atoms with Gasteiger partial charge in [0.05, 0.1) is 39.2 Å². The lowest BCUT2D eigenvalue weighted by atomic mass is 9.85. The summed E-state index contributed by atoms with van der Waals surface area (Å²) < 4.78 is 45.3. The highest BCUT2D eigenvalue weighted by atomic mass is 35.5. The second-order valence-corrected chi connectivity index (χ2v) is 11.2. The van der Waals surface area contributed by atoms with Crippen LogP contribution < -0.4 is 11.0 Å². The molecule has 1 fully saturated rings. The van der Waals surface area contributed by atoms with E-state index in [4.69, 9.17) is 11.6 Å². The number of aryl methyl sites for hydroxylation is 1. The molecule has 0 saturated heterocycles. The van der Waals surface area contributed by atoms with Gasteiger partial charge in [-0.15, -0.1) is 0 Å². The van der Waals surface area contributed by atoms with Crippen molar-refractivity contribution < 1.29 is 18.0 Å². The first-order chi connectivity index (χ1) is 20.6. The average Bonchev–Trinajstić information content (AvgIpc) is 3.54. The molecule has 9 nitrogen and oxygen atoms in total. The summed E-state index contributed by atoms with van der Waals surface area (Å²) in [5, 5.41) is 7.05. The molecule has 0 unspecified atom stereocenters. The number of hydrogen-bond donors (Lipinski definition) is 1. The van der Waals surface area contributed by atoms with Crippen molar-refractivity contribution in [3.8, 4) is 17.1 Å². The van der Waals surface area contributed by atoms with Crippen molar-refractivity contribution in [2.24, 2.45) is 13.0 Å². The number of imidazole rings is 1. The van der Waals surface area contributed by atoms with Crippen LogP contribution in [0.3, 0.4) is 0 Å². The van der Waals surface area contributed by atoms with Gasteiger partial charge in [0, 0.05) is 32.0 Å². The van der Waals surface area contributed by atoms with Crippen LogP contribution in [0.15, 0.2) is 71.9 Å². The van der Waals surface area contributed by atoms with E-state index in [1.54, 1.807) is 20.0 Å².